The smallest absolute Gasteiger partial charge is 0.356 e. The first kappa shape index (κ1) is 21.1. The van der Waals surface area contributed by atoms with E-state index in [4.69, 9.17) is 0 Å². The van der Waals surface area contributed by atoms with Gasteiger partial charge in [-0.25, -0.2) is 4.98 Å². The second kappa shape index (κ2) is 8.53. The Labute approximate surface area is 178 Å². The van der Waals surface area contributed by atoms with Crippen molar-refractivity contribution in [2.75, 3.05) is 18.0 Å². The number of fused-ring (bicyclic) bond motifs is 1. The highest BCUT2D eigenvalue weighted by molar-refractivity contribution is 6.01. The van der Waals surface area contributed by atoms with Crippen LogP contribution in [0.25, 0.3) is 10.8 Å². The number of anilines is 1. The van der Waals surface area contributed by atoms with E-state index in [-0.39, 0.29) is 24.8 Å². The largest absolute Gasteiger partial charge is 0.391 e. The Bertz CT molecular complexity index is 1060. The number of nitrogens with one attached hydrogen (secondary N) is 1. The van der Waals surface area contributed by atoms with E-state index in [1.54, 1.807) is 30.6 Å². The molecule has 1 amide bonds. The fraction of sp³-hybridized carbons (Fsp3) is 0.348. The predicted octanol–water partition coefficient (Wildman–Crippen LogP) is 4.90. The number of carbonyl (C=O) groups is 1. The standard InChI is InChI=1S/C23H23F3N4O/c1-15(20-4-2-3-10-27-20)29-22(31)17-5-6-19-16(14-17)7-11-28-21(19)30-12-8-18(9-13-30)23(24,25)26/h2-7,10-11,14-15,18H,8-9,12-13H2,1H3,(H,29,31)/t15-/m0/s1. The Balaban J connectivity index is 1.51. The van der Waals surface area contributed by atoms with Crippen molar-refractivity contribution >= 4 is 22.5 Å². The number of aromatic nitrogens is 2. The molecule has 0 saturated carbocycles. The van der Waals surface area contributed by atoms with E-state index < -0.39 is 12.1 Å². The van der Waals surface area contributed by atoms with Crippen LogP contribution in [0.5, 0.6) is 0 Å². The molecule has 1 aromatic carbocycles. The third-order valence-corrected chi connectivity index (χ3v) is 5.74. The van der Waals surface area contributed by atoms with E-state index in [2.05, 4.69) is 15.3 Å². The molecule has 31 heavy (non-hydrogen) atoms. The molecule has 1 aliphatic rings. The topological polar surface area (TPSA) is 58.1 Å². The summed E-state index contributed by atoms with van der Waals surface area (Å²) in [5.41, 5.74) is 1.27. The maximum atomic E-state index is 13.0. The van der Waals surface area contributed by atoms with E-state index in [0.29, 0.717) is 24.5 Å². The van der Waals surface area contributed by atoms with Crippen molar-refractivity contribution in [1.82, 2.24) is 15.3 Å². The van der Waals surface area contributed by atoms with E-state index in [1.165, 1.54) is 0 Å². The van der Waals surface area contributed by atoms with Crippen LogP contribution in [0.3, 0.4) is 0 Å². The molecule has 3 heterocycles. The Morgan fingerprint density at radius 3 is 2.55 bits per heavy atom. The van der Waals surface area contributed by atoms with Gasteiger partial charge in [0, 0.05) is 36.4 Å². The summed E-state index contributed by atoms with van der Waals surface area (Å²) in [5.74, 6) is -0.813. The third kappa shape index (κ3) is 4.62. The van der Waals surface area contributed by atoms with Gasteiger partial charge in [0.1, 0.15) is 5.82 Å². The summed E-state index contributed by atoms with van der Waals surface area (Å²) in [6, 6.07) is 12.4. The highest BCUT2D eigenvalue weighted by atomic mass is 19.4. The van der Waals surface area contributed by atoms with Crippen molar-refractivity contribution < 1.29 is 18.0 Å². The Kier molecular flexibility index (Phi) is 5.80. The SMILES string of the molecule is C[C@H](NC(=O)c1ccc2c(N3CCC(C(F)(F)F)CC3)nccc2c1)c1ccccn1. The fourth-order valence-electron chi connectivity index (χ4n) is 3.96. The molecule has 8 heteroatoms. The van der Waals surface area contributed by atoms with Crippen molar-refractivity contribution in [3.05, 3.63) is 66.1 Å². The van der Waals surface area contributed by atoms with Gasteiger partial charge in [-0.1, -0.05) is 6.07 Å². The molecule has 3 aromatic rings. The van der Waals surface area contributed by atoms with E-state index >= 15 is 0 Å². The summed E-state index contributed by atoms with van der Waals surface area (Å²) >= 11 is 0. The highest BCUT2D eigenvalue weighted by Gasteiger charge is 2.41. The molecule has 0 bridgehead atoms. The van der Waals surface area contributed by atoms with Crippen LogP contribution in [0, 0.1) is 5.92 Å². The summed E-state index contributed by atoms with van der Waals surface area (Å²) in [7, 11) is 0. The molecule has 2 aromatic heterocycles. The molecule has 1 atom stereocenters. The molecule has 0 aliphatic carbocycles. The zero-order valence-corrected chi connectivity index (χ0v) is 17.1. The average Bonchev–Trinajstić information content (AvgIpc) is 2.78. The Hall–Kier alpha value is -3.16. The molecule has 4 rings (SSSR count). The zero-order valence-electron chi connectivity index (χ0n) is 17.1. The van der Waals surface area contributed by atoms with Gasteiger partial charge in [-0.2, -0.15) is 13.2 Å². The molecule has 0 spiro atoms. The molecule has 1 aliphatic heterocycles. The predicted molar refractivity (Wildman–Crippen MR) is 113 cm³/mol. The number of carbonyl (C=O) groups excluding carboxylic acids is 1. The summed E-state index contributed by atoms with van der Waals surface area (Å²) < 4.78 is 38.9. The van der Waals surface area contributed by atoms with Crippen LogP contribution in [0.1, 0.15) is 41.9 Å². The van der Waals surface area contributed by atoms with Gasteiger partial charge < -0.3 is 10.2 Å². The molecule has 1 saturated heterocycles. The fourth-order valence-corrected chi connectivity index (χ4v) is 3.96. The van der Waals surface area contributed by atoms with Gasteiger partial charge in [0.2, 0.25) is 0 Å². The third-order valence-electron chi connectivity index (χ3n) is 5.74. The summed E-state index contributed by atoms with van der Waals surface area (Å²) in [5, 5.41) is 4.58. The number of hydrogen-bond donors (Lipinski definition) is 1. The monoisotopic (exact) mass is 428 g/mol. The van der Waals surface area contributed by atoms with Crippen LogP contribution in [0.4, 0.5) is 19.0 Å². The zero-order chi connectivity index (χ0) is 22.0. The summed E-state index contributed by atoms with van der Waals surface area (Å²) in [6.45, 7) is 2.48. The number of rotatable bonds is 4. The number of hydrogen-bond acceptors (Lipinski definition) is 4. The molecule has 162 valence electrons. The van der Waals surface area contributed by atoms with E-state index in [9.17, 15) is 18.0 Å². The van der Waals surface area contributed by atoms with Crippen molar-refractivity contribution in [2.45, 2.75) is 32.0 Å². The molecule has 0 radical (unpaired) electrons. The number of alkyl halides is 3. The molecular formula is C23H23F3N4O. The minimum absolute atomic E-state index is 0.0630. The number of piperidine rings is 1. The molecule has 0 unspecified atom stereocenters. The van der Waals surface area contributed by atoms with Crippen molar-refractivity contribution in [3.8, 4) is 0 Å². The van der Waals surface area contributed by atoms with Crippen LogP contribution in [0.2, 0.25) is 0 Å². The molecule has 1 N–H and O–H groups in total. The van der Waals surface area contributed by atoms with Crippen LogP contribution in [-0.2, 0) is 0 Å². The highest BCUT2D eigenvalue weighted by Crippen LogP contribution is 2.36. The second-order valence-electron chi connectivity index (χ2n) is 7.82. The van der Waals surface area contributed by atoms with Crippen LogP contribution in [-0.4, -0.2) is 35.1 Å². The number of nitrogens with zero attached hydrogens (tertiary/aromatic N) is 3. The van der Waals surface area contributed by atoms with E-state index in [1.807, 2.05) is 36.1 Å². The van der Waals surface area contributed by atoms with Crippen LogP contribution >= 0.6 is 0 Å². The summed E-state index contributed by atoms with van der Waals surface area (Å²) in [4.78, 5) is 23.3. The number of amides is 1. The van der Waals surface area contributed by atoms with Crippen molar-refractivity contribution in [2.24, 2.45) is 5.92 Å². The van der Waals surface area contributed by atoms with Crippen molar-refractivity contribution in [1.29, 1.82) is 0 Å². The number of benzene rings is 1. The molecular weight excluding hydrogens is 405 g/mol. The van der Waals surface area contributed by atoms with Gasteiger partial charge in [0.25, 0.3) is 5.91 Å². The van der Waals surface area contributed by atoms with Gasteiger partial charge in [0.15, 0.2) is 0 Å². The lowest BCUT2D eigenvalue weighted by Crippen LogP contribution is -2.39. The van der Waals surface area contributed by atoms with E-state index in [0.717, 1.165) is 16.5 Å². The first-order valence-corrected chi connectivity index (χ1v) is 10.2. The minimum Gasteiger partial charge on any atom is -0.356 e. The van der Waals surface area contributed by atoms with Gasteiger partial charge in [-0.05, 0) is 61.5 Å². The number of halogens is 3. The van der Waals surface area contributed by atoms with Gasteiger partial charge in [-0.3, -0.25) is 9.78 Å². The maximum Gasteiger partial charge on any atom is 0.391 e. The molecule has 5 nitrogen and oxygen atoms in total. The van der Waals surface area contributed by atoms with Gasteiger partial charge in [-0.15, -0.1) is 0 Å². The molecule has 1 fully saturated rings. The lowest BCUT2D eigenvalue weighted by molar-refractivity contribution is -0.179. The normalized spacial score (nSPS) is 16.3. The lowest BCUT2D eigenvalue weighted by atomic mass is 9.96. The average molecular weight is 428 g/mol. The van der Waals surface area contributed by atoms with Crippen molar-refractivity contribution in [3.63, 3.8) is 0 Å². The Morgan fingerprint density at radius 1 is 1.10 bits per heavy atom. The first-order chi connectivity index (χ1) is 14.8. The minimum atomic E-state index is -4.15. The quantitative estimate of drug-likeness (QED) is 0.642. The van der Waals surface area contributed by atoms with Crippen LogP contribution in [0.15, 0.2) is 54.9 Å². The first-order valence-electron chi connectivity index (χ1n) is 10.2. The van der Waals surface area contributed by atoms with Gasteiger partial charge >= 0.3 is 6.18 Å². The van der Waals surface area contributed by atoms with Crippen LogP contribution < -0.4 is 10.2 Å². The maximum absolute atomic E-state index is 13.0. The lowest BCUT2D eigenvalue weighted by Gasteiger charge is -2.34. The Morgan fingerprint density at radius 2 is 1.87 bits per heavy atom. The summed E-state index contributed by atoms with van der Waals surface area (Å²) in [6.07, 6.45) is -0.709. The number of pyridine rings is 2. The second-order valence-corrected chi connectivity index (χ2v) is 7.82. The van der Waals surface area contributed by atoms with Gasteiger partial charge in [0.05, 0.1) is 17.7 Å².